The fourth-order valence-electron chi connectivity index (χ4n) is 2.34. The predicted octanol–water partition coefficient (Wildman–Crippen LogP) is 5.17. The zero-order chi connectivity index (χ0) is 10.2. The summed E-state index contributed by atoms with van der Waals surface area (Å²) in [7, 11) is 0. The van der Waals surface area contributed by atoms with Crippen LogP contribution in [0.25, 0.3) is 0 Å². The Balaban J connectivity index is 1.68. The Bertz CT molecular complexity index is 128. The van der Waals surface area contributed by atoms with Crippen LogP contribution in [0.3, 0.4) is 0 Å². The van der Waals surface area contributed by atoms with E-state index in [4.69, 9.17) is 0 Å². The van der Waals surface area contributed by atoms with Crippen LogP contribution in [-0.2, 0) is 0 Å². The van der Waals surface area contributed by atoms with E-state index in [1.165, 1.54) is 64.2 Å². The maximum absolute atomic E-state index is 2.40. The van der Waals surface area contributed by atoms with Gasteiger partial charge in [-0.25, -0.2) is 0 Å². The van der Waals surface area contributed by atoms with Gasteiger partial charge < -0.3 is 0 Å². The van der Waals surface area contributed by atoms with E-state index in [1.54, 1.807) is 0 Å². The first-order valence-corrected chi connectivity index (χ1v) is 6.84. The topological polar surface area (TPSA) is 0 Å². The average molecular weight is 196 g/mol. The lowest BCUT2D eigenvalue weighted by Crippen LogP contribution is -1.83. The van der Waals surface area contributed by atoms with Gasteiger partial charge in [0.05, 0.1) is 0 Å². The summed E-state index contributed by atoms with van der Waals surface area (Å²) < 4.78 is 0. The molecule has 1 fully saturated rings. The molecule has 0 radical (unpaired) electrons. The van der Waals surface area contributed by atoms with Crippen molar-refractivity contribution in [3.8, 4) is 0 Å². The second kappa shape index (κ2) is 7.31. The summed E-state index contributed by atoms with van der Waals surface area (Å²) in [6, 6.07) is 0. The van der Waals surface area contributed by atoms with Crippen molar-refractivity contribution >= 4 is 0 Å². The third kappa shape index (κ3) is 5.67. The summed E-state index contributed by atoms with van der Waals surface area (Å²) in [6.07, 6.45) is 14.8. The predicted molar refractivity (Wildman–Crippen MR) is 64.5 cm³/mol. The molecule has 0 N–H and O–H groups in total. The first kappa shape index (κ1) is 12.1. The van der Waals surface area contributed by atoms with Gasteiger partial charge in [0.2, 0.25) is 0 Å². The van der Waals surface area contributed by atoms with Gasteiger partial charge in [0.15, 0.2) is 0 Å². The lowest BCUT2D eigenvalue weighted by molar-refractivity contribution is 0.542. The largest absolute Gasteiger partial charge is 0.0654 e. The second-order valence-electron chi connectivity index (χ2n) is 5.24. The molecule has 2 atom stereocenters. The monoisotopic (exact) mass is 196 g/mol. The highest BCUT2D eigenvalue weighted by Crippen LogP contribution is 2.41. The van der Waals surface area contributed by atoms with Crippen molar-refractivity contribution in [2.24, 2.45) is 11.8 Å². The van der Waals surface area contributed by atoms with Gasteiger partial charge in [-0.1, -0.05) is 71.6 Å². The Morgan fingerprint density at radius 3 is 1.86 bits per heavy atom. The van der Waals surface area contributed by atoms with Gasteiger partial charge >= 0.3 is 0 Å². The molecule has 0 saturated heterocycles. The Hall–Kier alpha value is 0. The third-order valence-corrected chi connectivity index (χ3v) is 3.70. The molecular formula is C14H28. The van der Waals surface area contributed by atoms with Crippen LogP contribution in [0.1, 0.15) is 78.1 Å². The van der Waals surface area contributed by atoms with E-state index in [-0.39, 0.29) is 0 Å². The Morgan fingerprint density at radius 1 is 0.857 bits per heavy atom. The van der Waals surface area contributed by atoms with Gasteiger partial charge in [-0.2, -0.15) is 0 Å². The summed E-state index contributed by atoms with van der Waals surface area (Å²) in [6.45, 7) is 4.69. The van der Waals surface area contributed by atoms with Gasteiger partial charge in [-0.05, 0) is 18.3 Å². The van der Waals surface area contributed by atoms with Gasteiger partial charge in [0.1, 0.15) is 0 Å². The minimum atomic E-state index is 1.07. The molecule has 0 heteroatoms. The van der Waals surface area contributed by atoms with Crippen molar-refractivity contribution in [1.29, 1.82) is 0 Å². The first-order valence-electron chi connectivity index (χ1n) is 6.84. The molecule has 0 aromatic rings. The summed E-state index contributed by atoms with van der Waals surface area (Å²) in [5.74, 6) is 2.19. The maximum Gasteiger partial charge on any atom is -0.0386 e. The average Bonchev–Trinajstić information content (AvgIpc) is 2.87. The molecule has 0 heterocycles. The normalized spacial score (nSPS) is 25.3. The molecule has 84 valence electrons. The van der Waals surface area contributed by atoms with Gasteiger partial charge in [0.25, 0.3) is 0 Å². The van der Waals surface area contributed by atoms with Crippen LogP contribution < -0.4 is 0 Å². The Kier molecular flexibility index (Phi) is 6.31. The van der Waals surface area contributed by atoms with Crippen LogP contribution in [0.15, 0.2) is 0 Å². The number of rotatable bonds is 9. The summed E-state index contributed by atoms with van der Waals surface area (Å²) in [5, 5.41) is 0. The van der Waals surface area contributed by atoms with Gasteiger partial charge in [-0.3, -0.25) is 0 Å². The fraction of sp³-hybridized carbons (Fsp3) is 1.00. The van der Waals surface area contributed by atoms with Crippen LogP contribution >= 0.6 is 0 Å². The van der Waals surface area contributed by atoms with E-state index < -0.39 is 0 Å². The molecule has 1 rings (SSSR count). The highest BCUT2D eigenvalue weighted by molar-refractivity contribution is 4.81. The van der Waals surface area contributed by atoms with Gasteiger partial charge in [-0.15, -0.1) is 0 Å². The highest BCUT2D eigenvalue weighted by atomic mass is 14.4. The van der Waals surface area contributed by atoms with E-state index in [9.17, 15) is 0 Å². The molecule has 0 aromatic heterocycles. The molecule has 0 spiro atoms. The fourth-order valence-corrected chi connectivity index (χ4v) is 2.34. The zero-order valence-electron chi connectivity index (χ0n) is 10.2. The quantitative estimate of drug-likeness (QED) is 0.446. The van der Waals surface area contributed by atoms with E-state index in [2.05, 4.69) is 13.8 Å². The smallest absolute Gasteiger partial charge is 0.0386 e. The first-order chi connectivity index (χ1) is 6.84. The van der Waals surface area contributed by atoms with Gasteiger partial charge in [0, 0.05) is 0 Å². The number of unbranched alkanes of at least 4 members (excludes halogenated alkanes) is 7. The lowest BCUT2D eigenvalue weighted by Gasteiger charge is -2.01. The summed E-state index contributed by atoms with van der Waals surface area (Å²) in [4.78, 5) is 0. The van der Waals surface area contributed by atoms with Crippen molar-refractivity contribution < 1.29 is 0 Å². The van der Waals surface area contributed by atoms with E-state index >= 15 is 0 Å². The molecule has 1 aliphatic rings. The molecule has 14 heavy (non-hydrogen) atoms. The number of hydrogen-bond acceptors (Lipinski definition) is 0. The molecule has 1 aliphatic carbocycles. The van der Waals surface area contributed by atoms with Crippen molar-refractivity contribution in [2.45, 2.75) is 78.1 Å². The van der Waals surface area contributed by atoms with Crippen LogP contribution in [-0.4, -0.2) is 0 Å². The molecular weight excluding hydrogens is 168 g/mol. The molecule has 0 aliphatic heterocycles. The molecule has 1 saturated carbocycles. The summed E-state index contributed by atoms with van der Waals surface area (Å²) in [5.41, 5.74) is 0. The van der Waals surface area contributed by atoms with Crippen LogP contribution in [0.4, 0.5) is 0 Å². The Labute approximate surface area is 90.5 Å². The standard InChI is InChI=1S/C14H28/c1-3-4-5-6-7-8-9-10-11-14-12-13(14)2/h13-14H,3-12H2,1-2H3. The van der Waals surface area contributed by atoms with Crippen molar-refractivity contribution in [1.82, 2.24) is 0 Å². The second-order valence-corrected chi connectivity index (χ2v) is 5.24. The maximum atomic E-state index is 2.40. The van der Waals surface area contributed by atoms with Crippen molar-refractivity contribution in [3.05, 3.63) is 0 Å². The highest BCUT2D eigenvalue weighted by Gasteiger charge is 2.31. The third-order valence-electron chi connectivity index (χ3n) is 3.70. The lowest BCUT2D eigenvalue weighted by atomic mass is 10.1. The molecule has 0 nitrogen and oxygen atoms in total. The molecule has 0 amide bonds. The molecule has 2 unspecified atom stereocenters. The number of hydrogen-bond donors (Lipinski definition) is 0. The minimum Gasteiger partial charge on any atom is -0.0654 e. The zero-order valence-corrected chi connectivity index (χ0v) is 10.2. The van der Waals surface area contributed by atoms with Crippen molar-refractivity contribution in [2.75, 3.05) is 0 Å². The minimum absolute atomic E-state index is 1.07. The van der Waals surface area contributed by atoms with Crippen molar-refractivity contribution in [3.63, 3.8) is 0 Å². The van der Waals surface area contributed by atoms with Crippen LogP contribution in [0.5, 0.6) is 0 Å². The SMILES string of the molecule is CCCCCCCCCCC1CC1C. The van der Waals surface area contributed by atoms with Crippen LogP contribution in [0.2, 0.25) is 0 Å². The Morgan fingerprint density at radius 2 is 1.36 bits per heavy atom. The summed E-state index contributed by atoms with van der Waals surface area (Å²) >= 11 is 0. The molecule has 0 bridgehead atoms. The van der Waals surface area contributed by atoms with E-state index in [0.29, 0.717) is 0 Å². The van der Waals surface area contributed by atoms with E-state index in [0.717, 1.165) is 11.8 Å². The van der Waals surface area contributed by atoms with Crippen LogP contribution in [0, 0.1) is 11.8 Å². The van der Waals surface area contributed by atoms with E-state index in [1.807, 2.05) is 0 Å². The molecule has 0 aromatic carbocycles.